The van der Waals surface area contributed by atoms with Crippen molar-refractivity contribution >= 4 is 46.3 Å². The van der Waals surface area contributed by atoms with Gasteiger partial charge in [-0.15, -0.1) is 11.3 Å². The molecule has 1 atom stereocenters. The number of carbonyl (C=O) groups is 1. The van der Waals surface area contributed by atoms with Gasteiger partial charge in [0.05, 0.1) is 27.9 Å². The summed E-state index contributed by atoms with van der Waals surface area (Å²) in [5.41, 5.74) is 0.543. The van der Waals surface area contributed by atoms with Crippen LogP contribution in [0.3, 0.4) is 0 Å². The van der Waals surface area contributed by atoms with E-state index in [4.69, 9.17) is 16.3 Å². The van der Waals surface area contributed by atoms with Crippen molar-refractivity contribution in [1.82, 2.24) is 4.57 Å². The molecule has 1 aliphatic heterocycles. The smallest absolute Gasteiger partial charge is 0.338 e. The summed E-state index contributed by atoms with van der Waals surface area (Å²) in [6.07, 6.45) is 1.42. The lowest BCUT2D eigenvalue weighted by atomic mass is 10.0. The predicted octanol–water partition coefficient (Wildman–Crippen LogP) is 3.26. The Hall–Kier alpha value is -2.55. The van der Waals surface area contributed by atoms with Crippen LogP contribution in [-0.4, -0.2) is 17.6 Å². The Morgan fingerprint density at radius 2 is 2.14 bits per heavy atom. The zero-order valence-electron chi connectivity index (χ0n) is 15.3. The molecule has 1 unspecified atom stereocenters. The van der Waals surface area contributed by atoms with E-state index in [2.05, 4.69) is 4.99 Å². The number of rotatable bonds is 3. The van der Waals surface area contributed by atoms with Crippen LogP contribution in [0, 0.1) is 5.82 Å². The van der Waals surface area contributed by atoms with Gasteiger partial charge in [0.2, 0.25) is 0 Å². The van der Waals surface area contributed by atoms with Gasteiger partial charge in [-0.1, -0.05) is 35.1 Å². The van der Waals surface area contributed by atoms with E-state index in [1.807, 2.05) is 17.5 Å². The third kappa shape index (κ3) is 3.37. The molecular formula is C20H14ClFN2O3S2. The Labute approximate surface area is 177 Å². The van der Waals surface area contributed by atoms with Crippen LogP contribution in [0.5, 0.6) is 0 Å². The molecule has 1 aromatic carbocycles. The normalized spacial score (nSPS) is 16.6. The van der Waals surface area contributed by atoms with E-state index in [9.17, 15) is 14.0 Å². The second-order valence-corrected chi connectivity index (χ2v) is 8.62. The summed E-state index contributed by atoms with van der Waals surface area (Å²) in [6.45, 7) is 1.71. The number of thiazole rings is 1. The number of thiophene rings is 1. The van der Waals surface area contributed by atoms with Crippen molar-refractivity contribution in [2.75, 3.05) is 7.11 Å². The first-order valence-corrected chi connectivity index (χ1v) is 10.6. The van der Waals surface area contributed by atoms with Crippen LogP contribution < -0.4 is 14.9 Å². The molecule has 0 N–H and O–H groups in total. The van der Waals surface area contributed by atoms with Crippen LogP contribution >= 0.6 is 34.3 Å². The molecule has 29 heavy (non-hydrogen) atoms. The topological polar surface area (TPSA) is 60.7 Å². The molecule has 9 heteroatoms. The zero-order chi connectivity index (χ0) is 20.7. The molecule has 0 radical (unpaired) electrons. The molecule has 1 aliphatic rings. The lowest BCUT2D eigenvalue weighted by molar-refractivity contribution is -0.136. The molecule has 4 rings (SSSR count). The molecule has 5 nitrogen and oxygen atoms in total. The SMILES string of the molecule is COC(=O)C1=C(C)N=c2s/c(=C/c3c(F)cccc3Cl)c(=O)n2C1c1cccs1. The molecule has 0 saturated carbocycles. The maximum atomic E-state index is 14.2. The number of carbonyl (C=O) groups excluding carboxylic acids is 1. The number of ether oxygens (including phenoxy) is 1. The van der Waals surface area contributed by atoms with Crippen molar-refractivity contribution < 1.29 is 13.9 Å². The highest BCUT2D eigenvalue weighted by Gasteiger charge is 2.33. The minimum absolute atomic E-state index is 0.135. The maximum Gasteiger partial charge on any atom is 0.338 e. The van der Waals surface area contributed by atoms with Crippen molar-refractivity contribution in [3.8, 4) is 0 Å². The number of fused-ring (bicyclic) bond motifs is 1. The molecule has 0 aliphatic carbocycles. The van der Waals surface area contributed by atoms with Crippen LogP contribution in [-0.2, 0) is 9.53 Å². The largest absolute Gasteiger partial charge is 0.466 e. The van der Waals surface area contributed by atoms with Gasteiger partial charge in [0.25, 0.3) is 5.56 Å². The number of nitrogens with zero attached hydrogens (tertiary/aromatic N) is 2. The van der Waals surface area contributed by atoms with Gasteiger partial charge in [0.15, 0.2) is 4.80 Å². The van der Waals surface area contributed by atoms with Gasteiger partial charge in [-0.3, -0.25) is 9.36 Å². The Balaban J connectivity index is 2.00. The molecule has 0 saturated heterocycles. The van der Waals surface area contributed by atoms with Gasteiger partial charge in [-0.2, -0.15) is 0 Å². The molecule has 0 amide bonds. The van der Waals surface area contributed by atoms with Crippen molar-refractivity contribution in [3.05, 3.63) is 88.0 Å². The average Bonchev–Trinajstić information content (AvgIpc) is 3.32. The fourth-order valence-corrected chi connectivity index (χ4v) is 5.26. The standard InChI is InChI=1S/C20H14ClFN2O3S2/c1-10-16(19(26)27-2)17(14-7-4-8-28-14)24-18(25)15(29-20(24)23-10)9-11-12(21)5-3-6-13(11)22/h3-9,17H,1-2H3/b15-9+. The van der Waals surface area contributed by atoms with E-state index in [0.29, 0.717) is 16.1 Å². The summed E-state index contributed by atoms with van der Waals surface area (Å²) >= 11 is 8.65. The van der Waals surface area contributed by atoms with Crippen molar-refractivity contribution in [1.29, 1.82) is 0 Å². The Morgan fingerprint density at radius 1 is 1.34 bits per heavy atom. The summed E-state index contributed by atoms with van der Waals surface area (Å²) < 4.78 is 20.9. The highest BCUT2D eigenvalue weighted by Crippen LogP contribution is 2.33. The molecule has 3 heterocycles. The van der Waals surface area contributed by atoms with Crippen LogP contribution in [0.2, 0.25) is 5.02 Å². The van der Waals surface area contributed by atoms with Gasteiger partial charge in [-0.25, -0.2) is 14.2 Å². The number of hydrogen-bond acceptors (Lipinski definition) is 6. The fourth-order valence-electron chi connectivity index (χ4n) is 3.19. The minimum atomic E-state index is -0.656. The quantitative estimate of drug-likeness (QED) is 0.578. The fraction of sp³-hybridized carbons (Fsp3) is 0.150. The lowest BCUT2D eigenvalue weighted by Gasteiger charge is -2.22. The maximum absolute atomic E-state index is 14.2. The number of halogens is 2. The first kappa shape index (κ1) is 19.8. The van der Waals surface area contributed by atoms with Crippen molar-refractivity contribution in [3.63, 3.8) is 0 Å². The van der Waals surface area contributed by atoms with Crippen molar-refractivity contribution in [2.24, 2.45) is 4.99 Å². The molecular weight excluding hydrogens is 435 g/mol. The van der Waals surface area contributed by atoms with Crippen LogP contribution in [0.1, 0.15) is 23.4 Å². The molecule has 2 aromatic heterocycles. The summed E-state index contributed by atoms with van der Waals surface area (Å²) in [5.74, 6) is -1.07. The van der Waals surface area contributed by atoms with Crippen LogP contribution in [0.15, 0.2) is 56.8 Å². The number of methoxy groups -OCH3 is 1. The third-order valence-electron chi connectivity index (χ3n) is 4.51. The first-order valence-electron chi connectivity index (χ1n) is 8.50. The minimum Gasteiger partial charge on any atom is -0.466 e. The summed E-state index contributed by atoms with van der Waals surface area (Å²) in [4.78, 5) is 31.4. The van der Waals surface area contributed by atoms with E-state index in [1.54, 1.807) is 13.0 Å². The number of aromatic nitrogens is 1. The predicted molar refractivity (Wildman–Crippen MR) is 112 cm³/mol. The molecule has 148 valence electrons. The number of benzene rings is 1. The van der Waals surface area contributed by atoms with E-state index < -0.39 is 17.8 Å². The van der Waals surface area contributed by atoms with Gasteiger partial charge in [0.1, 0.15) is 11.9 Å². The second-order valence-electron chi connectivity index (χ2n) is 6.22. The van der Waals surface area contributed by atoms with Gasteiger partial charge in [0, 0.05) is 10.4 Å². The van der Waals surface area contributed by atoms with Crippen LogP contribution in [0.25, 0.3) is 6.08 Å². The summed E-state index contributed by atoms with van der Waals surface area (Å²) in [6, 6.07) is 7.38. The van der Waals surface area contributed by atoms with Crippen LogP contribution in [0.4, 0.5) is 4.39 Å². The van der Waals surface area contributed by atoms with Gasteiger partial charge < -0.3 is 4.74 Å². The molecule has 3 aromatic rings. The Morgan fingerprint density at radius 3 is 2.79 bits per heavy atom. The average molecular weight is 449 g/mol. The number of hydrogen-bond donors (Lipinski definition) is 0. The van der Waals surface area contributed by atoms with Gasteiger partial charge >= 0.3 is 5.97 Å². The van der Waals surface area contributed by atoms with Gasteiger partial charge in [-0.05, 0) is 36.6 Å². The number of allylic oxidation sites excluding steroid dienone is 1. The molecule has 0 bridgehead atoms. The van der Waals surface area contributed by atoms with E-state index >= 15 is 0 Å². The first-order chi connectivity index (χ1) is 13.9. The zero-order valence-corrected chi connectivity index (χ0v) is 17.7. The molecule has 0 spiro atoms. The Kier molecular flexibility index (Phi) is 5.24. The summed E-state index contributed by atoms with van der Waals surface area (Å²) in [5, 5.41) is 2.08. The van der Waals surface area contributed by atoms with E-state index in [0.717, 1.165) is 16.2 Å². The van der Waals surface area contributed by atoms with Crippen molar-refractivity contribution in [2.45, 2.75) is 13.0 Å². The summed E-state index contributed by atoms with van der Waals surface area (Å²) in [7, 11) is 1.29. The Bertz CT molecular complexity index is 1300. The van der Waals surface area contributed by atoms with E-state index in [-0.39, 0.29) is 20.7 Å². The molecule has 0 fully saturated rings. The monoisotopic (exact) mass is 448 g/mol. The highest BCUT2D eigenvalue weighted by molar-refractivity contribution is 7.10. The highest BCUT2D eigenvalue weighted by atomic mass is 35.5. The second kappa shape index (κ2) is 7.70. The third-order valence-corrected chi connectivity index (χ3v) is 6.75. The number of esters is 1. The lowest BCUT2D eigenvalue weighted by Crippen LogP contribution is -2.39. The van der Waals surface area contributed by atoms with E-state index in [1.165, 1.54) is 41.2 Å².